The largest absolute Gasteiger partial charge is 0.299 e. The molecule has 0 aliphatic heterocycles. The molecule has 0 spiro atoms. The Hall–Kier alpha value is -1.44. The van der Waals surface area contributed by atoms with Gasteiger partial charge in [0.1, 0.15) is 6.29 Å². The molecule has 0 amide bonds. The van der Waals surface area contributed by atoms with E-state index in [4.69, 9.17) is 0 Å². The van der Waals surface area contributed by atoms with E-state index in [0.717, 1.165) is 12.0 Å². The number of rotatable bonds is 3. The van der Waals surface area contributed by atoms with Crippen LogP contribution in [0, 0.1) is 0 Å². The van der Waals surface area contributed by atoms with Crippen molar-refractivity contribution in [1.82, 2.24) is 4.98 Å². The summed E-state index contributed by atoms with van der Waals surface area (Å²) in [6, 6.07) is 3.94. The fourth-order valence-corrected chi connectivity index (χ4v) is 0.995. The maximum atomic E-state index is 10.0. The summed E-state index contributed by atoms with van der Waals surface area (Å²) in [5.41, 5.74) is 2.03. The zero-order chi connectivity index (χ0) is 9.68. The van der Waals surface area contributed by atoms with Crippen molar-refractivity contribution in [2.75, 3.05) is 0 Å². The van der Waals surface area contributed by atoms with Gasteiger partial charge >= 0.3 is 0 Å². The van der Waals surface area contributed by atoms with E-state index in [-0.39, 0.29) is 0 Å². The summed E-state index contributed by atoms with van der Waals surface area (Å²) in [4.78, 5) is 14.2. The Bertz CT molecular complexity index is 298. The average Bonchev–Trinajstić information content (AvgIpc) is 2.15. The maximum absolute atomic E-state index is 10.0. The van der Waals surface area contributed by atoms with Crippen LogP contribution in [0.25, 0.3) is 6.08 Å². The van der Waals surface area contributed by atoms with Gasteiger partial charge in [-0.3, -0.25) is 9.78 Å². The Morgan fingerprint density at radius 1 is 1.38 bits per heavy atom. The number of nitrogens with zero attached hydrogens (tertiary/aromatic N) is 1. The monoisotopic (exact) mass is 175 g/mol. The van der Waals surface area contributed by atoms with E-state index in [9.17, 15) is 4.79 Å². The van der Waals surface area contributed by atoms with Crippen molar-refractivity contribution in [3.8, 4) is 0 Å². The van der Waals surface area contributed by atoms with Crippen LogP contribution in [0.2, 0.25) is 0 Å². The Morgan fingerprint density at radius 2 is 2.15 bits per heavy atom. The molecule has 1 aromatic rings. The first kappa shape index (κ1) is 9.65. The number of hydrogen-bond donors (Lipinski definition) is 0. The molecule has 1 heterocycles. The summed E-state index contributed by atoms with van der Waals surface area (Å²) >= 11 is 0. The van der Waals surface area contributed by atoms with Crippen LogP contribution in [0.1, 0.15) is 31.0 Å². The molecule has 0 aromatic carbocycles. The fourth-order valence-electron chi connectivity index (χ4n) is 0.995. The predicted octanol–water partition coefficient (Wildman–Crippen LogP) is 2.42. The van der Waals surface area contributed by atoms with Crippen molar-refractivity contribution in [2.45, 2.75) is 19.8 Å². The molecule has 0 bridgehead atoms. The van der Waals surface area contributed by atoms with Crippen LogP contribution in [0.3, 0.4) is 0 Å². The minimum absolute atomic E-state index is 0.497. The van der Waals surface area contributed by atoms with Crippen LogP contribution >= 0.6 is 0 Å². The Morgan fingerprint density at radius 3 is 2.62 bits per heavy atom. The molecule has 0 unspecified atom stereocenters. The fraction of sp³-hybridized carbons (Fsp3) is 0.273. The van der Waals surface area contributed by atoms with Crippen molar-refractivity contribution >= 4 is 12.4 Å². The van der Waals surface area contributed by atoms with Gasteiger partial charge in [0.05, 0.1) is 5.69 Å². The maximum Gasteiger partial charge on any atom is 0.142 e. The van der Waals surface area contributed by atoms with E-state index in [2.05, 4.69) is 18.8 Å². The van der Waals surface area contributed by atoms with Gasteiger partial charge in [-0.25, -0.2) is 0 Å². The van der Waals surface area contributed by atoms with Crippen LogP contribution in [0.15, 0.2) is 24.4 Å². The molecule has 0 fully saturated rings. The molecule has 0 atom stereocenters. The second-order valence-corrected chi connectivity index (χ2v) is 3.17. The lowest BCUT2D eigenvalue weighted by Crippen LogP contribution is -1.89. The first-order chi connectivity index (χ1) is 6.24. The van der Waals surface area contributed by atoms with Gasteiger partial charge in [-0.05, 0) is 29.7 Å². The summed E-state index contributed by atoms with van der Waals surface area (Å²) < 4.78 is 0. The molecule has 0 saturated carbocycles. The first-order valence-electron chi connectivity index (χ1n) is 4.32. The zero-order valence-corrected chi connectivity index (χ0v) is 7.90. The topological polar surface area (TPSA) is 30.0 Å². The molecule has 0 aliphatic rings. The molecule has 2 heteroatoms. The van der Waals surface area contributed by atoms with Gasteiger partial charge in [0, 0.05) is 6.20 Å². The van der Waals surface area contributed by atoms with Crippen molar-refractivity contribution in [3.05, 3.63) is 35.7 Å². The molecule has 0 saturated heterocycles. The molecule has 1 rings (SSSR count). The molecule has 1 aromatic heterocycles. The highest BCUT2D eigenvalue weighted by Crippen LogP contribution is 2.12. The summed E-state index contributed by atoms with van der Waals surface area (Å²) in [6.07, 6.45) is 5.72. The van der Waals surface area contributed by atoms with Gasteiger partial charge in [0.25, 0.3) is 0 Å². The number of allylic oxidation sites excluding steroid dienone is 1. The third-order valence-corrected chi connectivity index (χ3v) is 1.82. The molecular weight excluding hydrogens is 162 g/mol. The van der Waals surface area contributed by atoms with Crippen molar-refractivity contribution in [2.24, 2.45) is 0 Å². The number of aldehydes is 1. The van der Waals surface area contributed by atoms with E-state index in [0.29, 0.717) is 5.92 Å². The molecule has 68 valence electrons. The first-order valence-corrected chi connectivity index (χ1v) is 4.32. The molecule has 0 radical (unpaired) electrons. The van der Waals surface area contributed by atoms with Gasteiger partial charge in [-0.2, -0.15) is 0 Å². The van der Waals surface area contributed by atoms with Gasteiger partial charge in [0.2, 0.25) is 0 Å². The lowest BCUT2D eigenvalue weighted by atomic mass is 10.1. The van der Waals surface area contributed by atoms with Crippen molar-refractivity contribution < 1.29 is 4.79 Å². The van der Waals surface area contributed by atoms with Crippen molar-refractivity contribution in [1.29, 1.82) is 0 Å². The van der Waals surface area contributed by atoms with Crippen LogP contribution in [0.5, 0.6) is 0 Å². The smallest absolute Gasteiger partial charge is 0.142 e. The van der Waals surface area contributed by atoms with Crippen LogP contribution in [0.4, 0.5) is 0 Å². The quantitative estimate of drug-likeness (QED) is 0.521. The third-order valence-electron chi connectivity index (χ3n) is 1.82. The van der Waals surface area contributed by atoms with Gasteiger partial charge in [-0.15, -0.1) is 0 Å². The number of hydrogen-bond acceptors (Lipinski definition) is 2. The van der Waals surface area contributed by atoms with E-state index in [1.54, 1.807) is 6.08 Å². The summed E-state index contributed by atoms with van der Waals surface area (Å²) in [6.45, 7) is 4.25. The number of carbonyl (C=O) groups is 1. The molecular formula is C11H13NO. The highest BCUT2D eigenvalue weighted by atomic mass is 16.1. The van der Waals surface area contributed by atoms with Crippen LogP contribution in [-0.4, -0.2) is 11.3 Å². The molecule has 0 aliphatic carbocycles. The van der Waals surface area contributed by atoms with Gasteiger partial charge in [-0.1, -0.05) is 19.9 Å². The second-order valence-electron chi connectivity index (χ2n) is 3.17. The average molecular weight is 175 g/mol. The van der Waals surface area contributed by atoms with E-state index >= 15 is 0 Å². The summed E-state index contributed by atoms with van der Waals surface area (Å²) in [7, 11) is 0. The Kier molecular flexibility index (Phi) is 3.38. The van der Waals surface area contributed by atoms with Crippen LogP contribution < -0.4 is 0 Å². The summed E-state index contributed by atoms with van der Waals surface area (Å²) in [5, 5.41) is 0. The van der Waals surface area contributed by atoms with Gasteiger partial charge in [0.15, 0.2) is 0 Å². The number of carbonyl (C=O) groups excluding carboxylic acids is 1. The highest BCUT2D eigenvalue weighted by Gasteiger charge is 1.97. The second kappa shape index (κ2) is 4.55. The van der Waals surface area contributed by atoms with Crippen LogP contribution in [-0.2, 0) is 4.79 Å². The van der Waals surface area contributed by atoms with Gasteiger partial charge < -0.3 is 0 Å². The SMILES string of the molecule is CC(C)c1ccc(C=CC=O)nc1. The summed E-state index contributed by atoms with van der Waals surface area (Å²) in [5.74, 6) is 0.497. The normalized spacial score (nSPS) is 11.0. The lowest BCUT2D eigenvalue weighted by molar-refractivity contribution is -0.104. The molecule has 2 nitrogen and oxygen atoms in total. The zero-order valence-electron chi connectivity index (χ0n) is 7.90. The van der Waals surface area contributed by atoms with E-state index < -0.39 is 0 Å². The third kappa shape index (κ3) is 2.82. The van der Waals surface area contributed by atoms with E-state index in [1.165, 1.54) is 11.6 Å². The minimum atomic E-state index is 0.497. The number of pyridine rings is 1. The molecule has 0 N–H and O–H groups in total. The lowest BCUT2D eigenvalue weighted by Gasteiger charge is -2.03. The standard InChI is InChI=1S/C11H13NO/c1-9(2)10-5-6-11(12-8-10)4-3-7-13/h3-9H,1-2H3. The van der Waals surface area contributed by atoms with Crippen molar-refractivity contribution in [3.63, 3.8) is 0 Å². The van der Waals surface area contributed by atoms with E-state index in [1.807, 2.05) is 18.3 Å². The Balaban J connectivity index is 2.81. The number of aromatic nitrogens is 1. The molecule has 13 heavy (non-hydrogen) atoms. The Labute approximate surface area is 78.3 Å². The minimum Gasteiger partial charge on any atom is -0.299 e. The predicted molar refractivity (Wildman–Crippen MR) is 53.4 cm³/mol. The highest BCUT2D eigenvalue weighted by molar-refractivity contribution is 5.72.